The van der Waals surface area contributed by atoms with E-state index in [2.05, 4.69) is 53.5 Å². The summed E-state index contributed by atoms with van der Waals surface area (Å²) in [6, 6.07) is 8.31. The third kappa shape index (κ3) is 7.13. The van der Waals surface area contributed by atoms with Crippen LogP contribution < -0.4 is 15.4 Å². The first-order valence-electron chi connectivity index (χ1n) is 8.64. The summed E-state index contributed by atoms with van der Waals surface area (Å²) in [4.78, 5) is 9.82. The van der Waals surface area contributed by atoms with Crippen molar-refractivity contribution in [3.05, 3.63) is 45.9 Å². The van der Waals surface area contributed by atoms with Gasteiger partial charge in [0.15, 0.2) is 5.96 Å². The van der Waals surface area contributed by atoms with Gasteiger partial charge in [-0.05, 0) is 37.0 Å². The van der Waals surface area contributed by atoms with Crippen molar-refractivity contribution in [2.45, 2.75) is 33.7 Å². The lowest BCUT2D eigenvalue weighted by Gasteiger charge is -2.11. The lowest BCUT2D eigenvalue weighted by Crippen LogP contribution is -2.37. The van der Waals surface area contributed by atoms with Crippen LogP contribution >= 0.6 is 11.3 Å². The lowest BCUT2D eigenvalue weighted by molar-refractivity contribution is 0.271. The van der Waals surface area contributed by atoms with Crippen LogP contribution in [0, 0.1) is 12.8 Å². The molecule has 0 aliphatic rings. The van der Waals surface area contributed by atoms with Gasteiger partial charge in [-0.1, -0.05) is 26.0 Å². The van der Waals surface area contributed by atoms with E-state index in [4.69, 9.17) is 4.74 Å². The van der Waals surface area contributed by atoms with Gasteiger partial charge >= 0.3 is 0 Å². The molecule has 0 aliphatic carbocycles. The van der Waals surface area contributed by atoms with Crippen molar-refractivity contribution in [1.29, 1.82) is 0 Å². The Morgan fingerprint density at radius 2 is 2.00 bits per heavy atom. The van der Waals surface area contributed by atoms with Crippen molar-refractivity contribution in [3.63, 3.8) is 0 Å². The molecule has 136 valence electrons. The monoisotopic (exact) mass is 360 g/mol. The SMILES string of the molecule is CN=C(NCCc1ccc(OCC(C)C)cc1)NCc1ncc(C)s1. The van der Waals surface area contributed by atoms with Crippen LogP contribution in [-0.2, 0) is 13.0 Å². The van der Waals surface area contributed by atoms with Crippen molar-refractivity contribution in [3.8, 4) is 5.75 Å². The minimum atomic E-state index is 0.538. The van der Waals surface area contributed by atoms with Crippen LogP contribution in [0.1, 0.15) is 29.3 Å². The molecule has 2 N–H and O–H groups in total. The van der Waals surface area contributed by atoms with Crippen molar-refractivity contribution in [2.24, 2.45) is 10.9 Å². The first-order valence-corrected chi connectivity index (χ1v) is 9.46. The highest BCUT2D eigenvalue weighted by atomic mass is 32.1. The second kappa shape index (κ2) is 10.0. The van der Waals surface area contributed by atoms with E-state index >= 15 is 0 Å². The molecule has 0 atom stereocenters. The molecule has 0 saturated carbocycles. The number of hydrogen-bond acceptors (Lipinski definition) is 4. The Morgan fingerprint density at radius 3 is 2.60 bits per heavy atom. The average Bonchev–Trinajstić information content (AvgIpc) is 3.02. The quantitative estimate of drug-likeness (QED) is 0.560. The zero-order valence-electron chi connectivity index (χ0n) is 15.5. The minimum Gasteiger partial charge on any atom is -0.493 e. The molecule has 0 saturated heterocycles. The van der Waals surface area contributed by atoms with E-state index in [1.54, 1.807) is 18.4 Å². The average molecular weight is 361 g/mol. The number of benzene rings is 1. The fourth-order valence-electron chi connectivity index (χ4n) is 2.20. The van der Waals surface area contributed by atoms with E-state index in [1.165, 1.54) is 10.4 Å². The zero-order chi connectivity index (χ0) is 18.1. The van der Waals surface area contributed by atoms with Crippen molar-refractivity contribution in [1.82, 2.24) is 15.6 Å². The van der Waals surface area contributed by atoms with Crippen LogP contribution in [0.3, 0.4) is 0 Å². The minimum absolute atomic E-state index is 0.538. The van der Waals surface area contributed by atoms with E-state index in [0.717, 1.165) is 36.3 Å². The van der Waals surface area contributed by atoms with Crippen LogP contribution in [0.4, 0.5) is 0 Å². The van der Waals surface area contributed by atoms with Gasteiger partial charge in [0.1, 0.15) is 10.8 Å². The maximum atomic E-state index is 5.71. The van der Waals surface area contributed by atoms with Crippen LogP contribution in [0.25, 0.3) is 0 Å². The zero-order valence-corrected chi connectivity index (χ0v) is 16.3. The number of hydrogen-bond donors (Lipinski definition) is 2. The number of rotatable bonds is 8. The number of ether oxygens (including phenoxy) is 1. The van der Waals surface area contributed by atoms with E-state index in [9.17, 15) is 0 Å². The fourth-order valence-corrected chi connectivity index (χ4v) is 2.93. The van der Waals surface area contributed by atoms with Crippen molar-refractivity contribution >= 4 is 17.3 Å². The Morgan fingerprint density at radius 1 is 1.24 bits per heavy atom. The molecule has 0 aliphatic heterocycles. The van der Waals surface area contributed by atoms with Gasteiger partial charge in [-0.15, -0.1) is 11.3 Å². The summed E-state index contributed by atoms with van der Waals surface area (Å²) in [5.74, 6) is 2.27. The third-order valence-electron chi connectivity index (χ3n) is 3.51. The van der Waals surface area contributed by atoms with Crippen molar-refractivity contribution in [2.75, 3.05) is 20.2 Å². The molecule has 6 heteroatoms. The molecule has 25 heavy (non-hydrogen) atoms. The number of guanidine groups is 1. The second-order valence-electron chi connectivity index (χ2n) is 6.32. The molecule has 0 spiro atoms. The Bertz CT molecular complexity index is 664. The molecule has 2 aromatic rings. The first kappa shape index (κ1) is 19.2. The summed E-state index contributed by atoms with van der Waals surface area (Å²) in [5, 5.41) is 7.69. The number of aliphatic imine (C=N–C) groups is 1. The largest absolute Gasteiger partial charge is 0.493 e. The summed E-state index contributed by atoms with van der Waals surface area (Å²) < 4.78 is 5.71. The number of nitrogens with one attached hydrogen (secondary N) is 2. The summed E-state index contributed by atoms with van der Waals surface area (Å²) >= 11 is 1.70. The van der Waals surface area contributed by atoms with Gasteiger partial charge in [0, 0.05) is 24.7 Å². The van der Waals surface area contributed by atoms with E-state index in [-0.39, 0.29) is 0 Å². The maximum absolute atomic E-state index is 5.71. The van der Waals surface area contributed by atoms with Gasteiger partial charge in [-0.25, -0.2) is 4.98 Å². The van der Waals surface area contributed by atoms with E-state index in [0.29, 0.717) is 12.5 Å². The second-order valence-corrected chi connectivity index (χ2v) is 7.64. The molecular formula is C19H28N4OS. The molecule has 1 aromatic carbocycles. The number of thiazole rings is 1. The molecule has 2 rings (SSSR count). The smallest absolute Gasteiger partial charge is 0.191 e. The van der Waals surface area contributed by atoms with Crippen LogP contribution in [-0.4, -0.2) is 31.1 Å². The molecular weight excluding hydrogens is 332 g/mol. The topological polar surface area (TPSA) is 58.5 Å². The predicted octanol–water partition coefficient (Wildman–Crippen LogP) is 3.39. The van der Waals surface area contributed by atoms with Crippen LogP contribution in [0.5, 0.6) is 5.75 Å². The summed E-state index contributed by atoms with van der Waals surface area (Å²) in [7, 11) is 1.78. The van der Waals surface area contributed by atoms with Gasteiger partial charge in [-0.2, -0.15) is 0 Å². The predicted molar refractivity (Wildman–Crippen MR) is 106 cm³/mol. The molecule has 0 bridgehead atoms. The maximum Gasteiger partial charge on any atom is 0.191 e. The number of aromatic nitrogens is 1. The Kier molecular flexibility index (Phi) is 7.73. The highest BCUT2D eigenvalue weighted by Crippen LogP contribution is 2.13. The molecule has 1 heterocycles. The Balaban J connectivity index is 1.71. The molecule has 0 unspecified atom stereocenters. The fraction of sp³-hybridized carbons (Fsp3) is 0.474. The van der Waals surface area contributed by atoms with Gasteiger partial charge in [0.2, 0.25) is 0 Å². The molecule has 0 fully saturated rings. The summed E-state index contributed by atoms with van der Waals surface area (Å²) in [6.45, 7) is 8.63. The molecule has 0 radical (unpaired) electrons. The summed E-state index contributed by atoms with van der Waals surface area (Å²) in [5.41, 5.74) is 1.27. The molecule has 1 aromatic heterocycles. The number of aryl methyl sites for hydroxylation is 1. The summed E-state index contributed by atoms with van der Waals surface area (Å²) in [6.07, 6.45) is 2.83. The van der Waals surface area contributed by atoms with Crippen LogP contribution in [0.2, 0.25) is 0 Å². The van der Waals surface area contributed by atoms with E-state index < -0.39 is 0 Å². The Labute approximate surface area is 154 Å². The number of nitrogens with zero attached hydrogens (tertiary/aromatic N) is 2. The van der Waals surface area contributed by atoms with Crippen molar-refractivity contribution < 1.29 is 4.74 Å². The third-order valence-corrected chi connectivity index (χ3v) is 4.43. The van der Waals surface area contributed by atoms with Gasteiger partial charge in [0.25, 0.3) is 0 Å². The standard InChI is InChI=1S/C19H28N4OS/c1-14(2)13-24-17-7-5-16(6-8-17)9-10-21-19(20-4)23-12-18-22-11-15(3)25-18/h5-8,11,14H,9-10,12-13H2,1-4H3,(H2,20,21,23). The lowest BCUT2D eigenvalue weighted by atomic mass is 10.1. The molecule has 5 nitrogen and oxygen atoms in total. The van der Waals surface area contributed by atoms with Crippen LogP contribution in [0.15, 0.2) is 35.5 Å². The van der Waals surface area contributed by atoms with Gasteiger partial charge in [-0.3, -0.25) is 4.99 Å². The molecule has 0 amide bonds. The Hall–Kier alpha value is -2.08. The van der Waals surface area contributed by atoms with Gasteiger partial charge < -0.3 is 15.4 Å². The van der Waals surface area contributed by atoms with E-state index in [1.807, 2.05) is 18.3 Å². The first-order chi connectivity index (χ1) is 12.1. The highest BCUT2D eigenvalue weighted by Gasteiger charge is 2.02. The van der Waals surface area contributed by atoms with Gasteiger partial charge in [0.05, 0.1) is 13.2 Å². The normalized spacial score (nSPS) is 11.6. The highest BCUT2D eigenvalue weighted by molar-refractivity contribution is 7.11.